The number of hydrogen-bond donors (Lipinski definition) is 2. The first-order chi connectivity index (χ1) is 6.15. The molecular weight excluding hydrogens is 208 g/mol. The Hall–Kier alpha value is -1.00. The molecule has 0 saturated heterocycles. The van der Waals surface area contributed by atoms with Gasteiger partial charge in [0.05, 0.1) is 12.1 Å². The average molecular weight is 217 g/mol. The molecule has 0 unspecified atom stereocenters. The summed E-state index contributed by atoms with van der Waals surface area (Å²) in [6, 6.07) is 5.28. The van der Waals surface area contributed by atoms with Crippen molar-refractivity contribution in [3.63, 3.8) is 0 Å². The molecule has 0 spiro atoms. The Balaban J connectivity index is 3.07. The third kappa shape index (κ3) is 2.47. The Kier molecular flexibility index (Phi) is 3.33. The van der Waals surface area contributed by atoms with Crippen LogP contribution in [0.5, 0.6) is 5.75 Å². The molecule has 0 saturated carbocycles. The predicted molar refractivity (Wildman–Crippen MR) is 58.4 cm³/mol. The largest absolute Gasteiger partial charge is 0.495 e. The second-order valence-electron chi connectivity index (χ2n) is 2.31. The molecule has 0 radical (unpaired) electrons. The lowest BCUT2D eigenvalue weighted by Crippen LogP contribution is -2.19. The Morgan fingerprint density at radius 3 is 2.85 bits per heavy atom. The molecule has 70 valence electrons. The summed E-state index contributed by atoms with van der Waals surface area (Å²) in [5, 5.41) is 3.42. The van der Waals surface area contributed by atoms with Crippen LogP contribution >= 0.6 is 23.8 Å². The zero-order chi connectivity index (χ0) is 9.84. The number of methoxy groups -OCH3 is 1. The van der Waals surface area contributed by atoms with Crippen molar-refractivity contribution in [1.82, 2.24) is 0 Å². The zero-order valence-corrected chi connectivity index (χ0v) is 8.58. The minimum absolute atomic E-state index is 0.159. The number of para-hydroxylation sites is 1. The second kappa shape index (κ2) is 4.30. The molecule has 1 aromatic carbocycles. The monoisotopic (exact) mass is 216 g/mol. The summed E-state index contributed by atoms with van der Waals surface area (Å²) in [5.41, 5.74) is 5.92. The van der Waals surface area contributed by atoms with Crippen LogP contribution in [0.1, 0.15) is 0 Å². The summed E-state index contributed by atoms with van der Waals surface area (Å²) in [6.45, 7) is 0. The first kappa shape index (κ1) is 10.1. The summed E-state index contributed by atoms with van der Waals surface area (Å²) in [6.07, 6.45) is 0. The van der Waals surface area contributed by atoms with E-state index in [4.69, 9.17) is 34.3 Å². The fourth-order valence-electron chi connectivity index (χ4n) is 0.919. The SMILES string of the molecule is COc1cccc(Cl)c1NC(N)=S. The van der Waals surface area contributed by atoms with Gasteiger partial charge in [0.2, 0.25) is 0 Å². The van der Waals surface area contributed by atoms with E-state index in [1.165, 1.54) is 0 Å². The maximum atomic E-state index is 5.89. The third-order valence-electron chi connectivity index (χ3n) is 1.44. The Morgan fingerprint density at radius 1 is 1.62 bits per heavy atom. The van der Waals surface area contributed by atoms with Crippen molar-refractivity contribution in [2.75, 3.05) is 12.4 Å². The molecule has 0 atom stereocenters. The molecule has 0 fully saturated rings. The Bertz CT molecular complexity index is 330. The fourth-order valence-corrected chi connectivity index (χ4v) is 1.23. The minimum Gasteiger partial charge on any atom is -0.495 e. The molecule has 1 aromatic rings. The number of anilines is 1. The maximum absolute atomic E-state index is 5.89. The van der Waals surface area contributed by atoms with Gasteiger partial charge in [0.15, 0.2) is 5.11 Å². The zero-order valence-electron chi connectivity index (χ0n) is 7.00. The van der Waals surface area contributed by atoms with E-state index in [-0.39, 0.29) is 5.11 Å². The lowest BCUT2D eigenvalue weighted by Gasteiger charge is -2.10. The van der Waals surface area contributed by atoms with Crippen LogP contribution in [0.25, 0.3) is 0 Å². The van der Waals surface area contributed by atoms with E-state index in [1.54, 1.807) is 25.3 Å². The van der Waals surface area contributed by atoms with Crippen molar-refractivity contribution in [2.24, 2.45) is 5.73 Å². The van der Waals surface area contributed by atoms with Crippen LogP contribution in [-0.4, -0.2) is 12.2 Å². The first-order valence-electron chi connectivity index (χ1n) is 3.54. The number of rotatable bonds is 2. The van der Waals surface area contributed by atoms with E-state index in [0.717, 1.165) is 0 Å². The minimum atomic E-state index is 0.159. The van der Waals surface area contributed by atoms with E-state index < -0.39 is 0 Å². The van der Waals surface area contributed by atoms with Gasteiger partial charge < -0.3 is 15.8 Å². The van der Waals surface area contributed by atoms with Crippen molar-refractivity contribution < 1.29 is 4.74 Å². The van der Waals surface area contributed by atoms with Crippen molar-refractivity contribution >= 4 is 34.6 Å². The molecule has 0 aliphatic carbocycles. The van der Waals surface area contributed by atoms with Gasteiger partial charge in [-0.1, -0.05) is 17.7 Å². The molecule has 0 bridgehead atoms. The molecule has 0 amide bonds. The van der Waals surface area contributed by atoms with Gasteiger partial charge in [-0.05, 0) is 24.4 Å². The van der Waals surface area contributed by atoms with Crippen LogP contribution in [0.4, 0.5) is 5.69 Å². The van der Waals surface area contributed by atoms with Crippen molar-refractivity contribution in [1.29, 1.82) is 0 Å². The highest BCUT2D eigenvalue weighted by Crippen LogP contribution is 2.31. The van der Waals surface area contributed by atoms with Gasteiger partial charge in [-0.15, -0.1) is 0 Å². The number of thiocarbonyl (C=S) groups is 1. The number of ether oxygens (including phenoxy) is 1. The molecule has 3 N–H and O–H groups in total. The van der Waals surface area contributed by atoms with Crippen LogP contribution in [-0.2, 0) is 0 Å². The molecule has 5 heteroatoms. The van der Waals surface area contributed by atoms with Crippen molar-refractivity contribution in [2.45, 2.75) is 0 Å². The number of hydrogen-bond acceptors (Lipinski definition) is 2. The molecule has 13 heavy (non-hydrogen) atoms. The molecule has 1 rings (SSSR count). The highest BCUT2D eigenvalue weighted by molar-refractivity contribution is 7.80. The smallest absolute Gasteiger partial charge is 0.168 e. The van der Waals surface area contributed by atoms with Gasteiger partial charge in [-0.2, -0.15) is 0 Å². The van der Waals surface area contributed by atoms with Gasteiger partial charge in [0, 0.05) is 0 Å². The maximum Gasteiger partial charge on any atom is 0.168 e. The van der Waals surface area contributed by atoms with Crippen molar-refractivity contribution in [3.05, 3.63) is 23.2 Å². The van der Waals surface area contributed by atoms with Crippen LogP contribution in [0.15, 0.2) is 18.2 Å². The Morgan fingerprint density at radius 2 is 2.31 bits per heavy atom. The summed E-state index contributed by atoms with van der Waals surface area (Å²) < 4.78 is 5.06. The summed E-state index contributed by atoms with van der Waals surface area (Å²) in [4.78, 5) is 0. The summed E-state index contributed by atoms with van der Waals surface area (Å²) in [5.74, 6) is 0.611. The molecule has 0 heterocycles. The summed E-state index contributed by atoms with van der Waals surface area (Å²) >= 11 is 10.6. The van der Waals surface area contributed by atoms with Crippen LogP contribution in [0.2, 0.25) is 5.02 Å². The molecular formula is C8H9ClN2OS. The predicted octanol–water partition coefficient (Wildman–Crippen LogP) is 2.00. The second-order valence-corrected chi connectivity index (χ2v) is 3.15. The standard InChI is InChI=1S/C8H9ClN2OS/c1-12-6-4-2-3-5(9)7(6)11-8(10)13/h2-4H,1H3,(H3,10,11,13). The lowest BCUT2D eigenvalue weighted by molar-refractivity contribution is 0.417. The average Bonchev–Trinajstić information content (AvgIpc) is 2.08. The highest BCUT2D eigenvalue weighted by atomic mass is 35.5. The van der Waals surface area contributed by atoms with Crippen LogP contribution in [0, 0.1) is 0 Å². The van der Waals surface area contributed by atoms with E-state index in [2.05, 4.69) is 5.32 Å². The van der Waals surface area contributed by atoms with Gasteiger partial charge in [0.25, 0.3) is 0 Å². The van der Waals surface area contributed by atoms with Crippen LogP contribution in [0.3, 0.4) is 0 Å². The number of nitrogens with two attached hydrogens (primary N) is 1. The summed E-state index contributed by atoms with van der Waals surface area (Å²) in [7, 11) is 1.55. The number of nitrogens with one attached hydrogen (secondary N) is 1. The normalized spacial score (nSPS) is 9.38. The number of benzene rings is 1. The van der Waals surface area contributed by atoms with Gasteiger partial charge >= 0.3 is 0 Å². The van der Waals surface area contributed by atoms with Gasteiger partial charge in [-0.25, -0.2) is 0 Å². The highest BCUT2D eigenvalue weighted by Gasteiger charge is 2.06. The van der Waals surface area contributed by atoms with E-state index in [1.807, 2.05) is 0 Å². The first-order valence-corrected chi connectivity index (χ1v) is 4.32. The lowest BCUT2D eigenvalue weighted by atomic mass is 10.3. The van der Waals surface area contributed by atoms with Gasteiger partial charge in [-0.3, -0.25) is 0 Å². The quantitative estimate of drug-likeness (QED) is 0.743. The molecule has 3 nitrogen and oxygen atoms in total. The van der Waals surface area contributed by atoms with E-state index in [0.29, 0.717) is 16.5 Å². The Labute approximate surface area is 86.8 Å². The molecule has 0 aliphatic heterocycles. The van der Waals surface area contributed by atoms with Crippen LogP contribution < -0.4 is 15.8 Å². The third-order valence-corrected chi connectivity index (χ3v) is 1.86. The molecule has 0 aliphatic rings. The van der Waals surface area contributed by atoms with E-state index >= 15 is 0 Å². The van der Waals surface area contributed by atoms with Gasteiger partial charge in [0.1, 0.15) is 11.4 Å². The number of halogens is 1. The molecule has 0 aromatic heterocycles. The van der Waals surface area contributed by atoms with E-state index in [9.17, 15) is 0 Å². The fraction of sp³-hybridized carbons (Fsp3) is 0.125. The van der Waals surface area contributed by atoms with Crippen molar-refractivity contribution in [3.8, 4) is 5.75 Å². The topological polar surface area (TPSA) is 47.3 Å².